The van der Waals surface area contributed by atoms with Gasteiger partial charge in [0.15, 0.2) is 0 Å². The van der Waals surface area contributed by atoms with Crippen molar-refractivity contribution in [2.45, 2.75) is 20.0 Å². The van der Waals surface area contributed by atoms with Crippen LogP contribution in [0.2, 0.25) is 5.02 Å². The van der Waals surface area contributed by atoms with Gasteiger partial charge in [-0.2, -0.15) is 0 Å². The van der Waals surface area contributed by atoms with Crippen LogP contribution < -0.4 is 5.32 Å². The van der Waals surface area contributed by atoms with Crippen molar-refractivity contribution in [3.8, 4) is 11.1 Å². The number of carbonyl (C=O) groups is 1. The van der Waals surface area contributed by atoms with Crippen LogP contribution in [0.25, 0.3) is 22.0 Å². The van der Waals surface area contributed by atoms with E-state index in [4.69, 9.17) is 11.6 Å². The molecule has 0 radical (unpaired) electrons. The number of aromatic nitrogens is 1. The average Bonchev–Trinajstić information content (AvgIpc) is 3.24. The molecular weight excluding hydrogens is 586 g/mol. The summed E-state index contributed by atoms with van der Waals surface area (Å²) in [7, 11) is 0. The third-order valence-electron chi connectivity index (χ3n) is 6.25. The Morgan fingerprint density at radius 2 is 1.56 bits per heavy atom. The third kappa shape index (κ3) is 5.32. The predicted molar refractivity (Wildman–Crippen MR) is 153 cm³/mol. The van der Waals surface area contributed by atoms with Crippen molar-refractivity contribution >= 4 is 51.0 Å². The number of nitrogens with one attached hydrogen (secondary N) is 1. The smallest absolute Gasteiger partial charge is 0.268 e. The first-order chi connectivity index (χ1) is 17.4. The number of aryl methyl sites for hydroxylation is 1. The number of carbonyl (C=O) groups excluding carboxylic acids is 1. The van der Waals surface area contributed by atoms with Gasteiger partial charge in [0.1, 0.15) is 11.5 Å². The number of nitrogens with zero attached hydrogens (tertiary/aromatic N) is 1. The Balaban J connectivity index is 1.52. The number of amides is 1. The molecular formula is C30H23ClFIN2O. The van der Waals surface area contributed by atoms with Crippen LogP contribution in [0.4, 0.5) is 4.39 Å². The molecule has 5 rings (SSSR count). The zero-order valence-electron chi connectivity index (χ0n) is 19.6. The van der Waals surface area contributed by atoms with E-state index in [1.165, 1.54) is 6.07 Å². The van der Waals surface area contributed by atoms with Crippen LogP contribution in [0.1, 0.15) is 27.2 Å². The first kappa shape index (κ1) is 24.5. The van der Waals surface area contributed by atoms with Gasteiger partial charge in [-0.3, -0.25) is 4.79 Å². The second-order valence-corrected chi connectivity index (χ2v) is 10.5. The summed E-state index contributed by atoms with van der Waals surface area (Å²) in [6.45, 7) is 2.73. The summed E-state index contributed by atoms with van der Waals surface area (Å²) in [6.07, 6.45) is 0. The van der Waals surface area contributed by atoms with E-state index in [0.717, 1.165) is 36.7 Å². The molecule has 0 saturated carbocycles. The van der Waals surface area contributed by atoms with Crippen molar-refractivity contribution in [3.63, 3.8) is 0 Å². The van der Waals surface area contributed by atoms with Crippen molar-refractivity contribution < 1.29 is 9.18 Å². The van der Waals surface area contributed by atoms with Gasteiger partial charge < -0.3 is 9.88 Å². The molecule has 180 valence electrons. The number of benzene rings is 4. The highest BCUT2D eigenvalue weighted by Crippen LogP contribution is 2.29. The molecule has 0 spiro atoms. The number of hydrogen-bond donors (Lipinski definition) is 1. The fourth-order valence-corrected chi connectivity index (χ4v) is 4.77. The number of rotatable bonds is 6. The second-order valence-electron chi connectivity index (χ2n) is 8.79. The van der Waals surface area contributed by atoms with E-state index in [-0.39, 0.29) is 11.7 Å². The molecule has 0 bridgehead atoms. The van der Waals surface area contributed by atoms with Crippen LogP contribution in [0.15, 0.2) is 91.0 Å². The van der Waals surface area contributed by atoms with Crippen molar-refractivity contribution in [1.29, 1.82) is 0 Å². The summed E-state index contributed by atoms with van der Waals surface area (Å²) in [5.74, 6) is -0.362. The van der Waals surface area contributed by atoms with Gasteiger partial charge in [-0.1, -0.05) is 48.0 Å². The molecule has 36 heavy (non-hydrogen) atoms. The molecule has 0 aliphatic heterocycles. The van der Waals surface area contributed by atoms with E-state index >= 15 is 0 Å². The molecule has 3 nitrogen and oxygen atoms in total. The summed E-state index contributed by atoms with van der Waals surface area (Å²) >= 11 is 8.35. The Kier molecular flexibility index (Phi) is 7.12. The SMILES string of the molecule is Cc1cc(-c2ccc3c(c2)cc(C(=O)NCc2ccc(I)cc2)n3Cc2ccc(Cl)cc2)ccc1F. The zero-order valence-corrected chi connectivity index (χ0v) is 22.5. The largest absolute Gasteiger partial charge is 0.347 e. The number of halogens is 3. The third-order valence-corrected chi connectivity index (χ3v) is 7.22. The Bertz CT molecular complexity index is 1560. The van der Waals surface area contributed by atoms with E-state index in [0.29, 0.717) is 29.4 Å². The lowest BCUT2D eigenvalue weighted by Crippen LogP contribution is -2.25. The van der Waals surface area contributed by atoms with Crippen molar-refractivity contribution in [2.24, 2.45) is 0 Å². The Hall–Kier alpha value is -3.16. The minimum atomic E-state index is -0.221. The summed E-state index contributed by atoms with van der Waals surface area (Å²) in [4.78, 5) is 13.4. The molecule has 5 aromatic rings. The normalized spacial score (nSPS) is 11.1. The van der Waals surface area contributed by atoms with E-state index in [1.54, 1.807) is 13.0 Å². The van der Waals surface area contributed by atoms with Crippen LogP contribution in [-0.2, 0) is 13.1 Å². The van der Waals surface area contributed by atoms with Crippen molar-refractivity contribution in [3.05, 3.63) is 128 Å². The zero-order chi connectivity index (χ0) is 25.2. The number of hydrogen-bond acceptors (Lipinski definition) is 1. The first-order valence-corrected chi connectivity index (χ1v) is 13.0. The lowest BCUT2D eigenvalue weighted by atomic mass is 10.0. The highest BCUT2D eigenvalue weighted by molar-refractivity contribution is 14.1. The van der Waals surface area contributed by atoms with Crippen LogP contribution in [0, 0.1) is 16.3 Å². The summed E-state index contributed by atoms with van der Waals surface area (Å²) in [6, 6.07) is 28.9. The lowest BCUT2D eigenvalue weighted by Gasteiger charge is -2.12. The van der Waals surface area contributed by atoms with Crippen molar-refractivity contribution in [2.75, 3.05) is 0 Å². The predicted octanol–water partition coefficient (Wildman–Crippen LogP) is 7.99. The number of fused-ring (bicyclic) bond motifs is 1. The van der Waals surface area contributed by atoms with Gasteiger partial charge in [-0.25, -0.2) is 4.39 Å². The van der Waals surface area contributed by atoms with Gasteiger partial charge in [-0.15, -0.1) is 0 Å². The van der Waals surface area contributed by atoms with Crippen LogP contribution >= 0.6 is 34.2 Å². The van der Waals surface area contributed by atoms with Gasteiger partial charge >= 0.3 is 0 Å². The fraction of sp³-hybridized carbons (Fsp3) is 0.100. The highest BCUT2D eigenvalue weighted by atomic mass is 127. The first-order valence-electron chi connectivity index (χ1n) is 11.5. The Labute approximate surface area is 228 Å². The molecule has 0 fully saturated rings. The lowest BCUT2D eigenvalue weighted by molar-refractivity contribution is 0.0942. The minimum Gasteiger partial charge on any atom is -0.347 e. The second kappa shape index (κ2) is 10.4. The topological polar surface area (TPSA) is 34.0 Å². The van der Waals surface area contributed by atoms with Crippen LogP contribution in [0.5, 0.6) is 0 Å². The van der Waals surface area contributed by atoms with E-state index in [2.05, 4.69) is 34.0 Å². The fourth-order valence-electron chi connectivity index (χ4n) is 4.28. The van der Waals surface area contributed by atoms with E-state index in [1.807, 2.05) is 77.4 Å². The van der Waals surface area contributed by atoms with Gasteiger partial charge in [0.2, 0.25) is 0 Å². The Morgan fingerprint density at radius 3 is 2.28 bits per heavy atom. The highest BCUT2D eigenvalue weighted by Gasteiger charge is 2.17. The average molecular weight is 609 g/mol. The molecule has 0 aliphatic carbocycles. The standard InChI is InChI=1S/C30H23ClFIN2O/c1-19-14-22(6-12-27(19)32)23-7-13-28-24(15-23)16-29(35(28)18-21-2-8-25(31)9-3-21)30(36)34-17-20-4-10-26(33)11-5-20/h2-16H,17-18H2,1H3,(H,34,36). The molecule has 4 aromatic carbocycles. The molecule has 6 heteroatoms. The summed E-state index contributed by atoms with van der Waals surface area (Å²) in [5, 5.41) is 4.69. The maximum absolute atomic E-state index is 13.8. The minimum absolute atomic E-state index is 0.141. The molecule has 1 amide bonds. The monoisotopic (exact) mass is 608 g/mol. The molecule has 0 saturated heterocycles. The Morgan fingerprint density at radius 1 is 0.889 bits per heavy atom. The van der Waals surface area contributed by atoms with Gasteiger partial charge in [-0.05, 0) is 112 Å². The van der Waals surface area contributed by atoms with E-state index in [9.17, 15) is 9.18 Å². The summed E-state index contributed by atoms with van der Waals surface area (Å²) < 4.78 is 17.0. The van der Waals surface area contributed by atoms with Gasteiger partial charge in [0.25, 0.3) is 5.91 Å². The molecule has 0 unspecified atom stereocenters. The molecule has 1 N–H and O–H groups in total. The molecule has 0 aliphatic rings. The quantitative estimate of drug-likeness (QED) is 0.195. The van der Waals surface area contributed by atoms with Gasteiger partial charge in [0, 0.05) is 32.6 Å². The molecule has 1 aromatic heterocycles. The molecule has 0 atom stereocenters. The van der Waals surface area contributed by atoms with Crippen LogP contribution in [-0.4, -0.2) is 10.5 Å². The van der Waals surface area contributed by atoms with E-state index < -0.39 is 0 Å². The molecule has 1 heterocycles. The maximum Gasteiger partial charge on any atom is 0.268 e. The maximum atomic E-state index is 13.8. The van der Waals surface area contributed by atoms with Gasteiger partial charge in [0.05, 0.1) is 0 Å². The van der Waals surface area contributed by atoms with Crippen molar-refractivity contribution in [1.82, 2.24) is 9.88 Å². The van der Waals surface area contributed by atoms with Crippen LogP contribution in [0.3, 0.4) is 0 Å². The summed E-state index contributed by atoms with van der Waals surface area (Å²) in [5.41, 5.74) is 6.12.